The van der Waals surface area contributed by atoms with Gasteiger partial charge in [-0.25, -0.2) is 0 Å². The van der Waals surface area contributed by atoms with Gasteiger partial charge in [0.2, 0.25) is 0 Å². The molecule has 0 radical (unpaired) electrons. The highest BCUT2D eigenvalue weighted by molar-refractivity contribution is 4.80. The van der Waals surface area contributed by atoms with E-state index in [0.29, 0.717) is 0 Å². The van der Waals surface area contributed by atoms with Crippen LogP contribution in [0.5, 0.6) is 0 Å². The standard InChI is InChI=1S/C11H22O2/c1-3-4-5-9-6-7-10(12)11(8-9)13-2/h9-12H,3-8H2,1-2H3. The lowest BCUT2D eigenvalue weighted by atomic mass is 9.82. The average molecular weight is 186 g/mol. The molecule has 0 aromatic rings. The van der Waals surface area contributed by atoms with Crippen LogP contribution in [0.25, 0.3) is 0 Å². The molecule has 1 rings (SSSR count). The summed E-state index contributed by atoms with van der Waals surface area (Å²) in [5.41, 5.74) is 0. The predicted octanol–water partition coefficient (Wildman–Crippen LogP) is 2.35. The monoisotopic (exact) mass is 186 g/mol. The van der Waals surface area contributed by atoms with Crippen LogP contribution in [-0.4, -0.2) is 24.4 Å². The molecule has 0 aliphatic heterocycles. The second-order valence-electron chi connectivity index (χ2n) is 4.16. The highest BCUT2D eigenvalue weighted by Crippen LogP contribution is 2.29. The lowest BCUT2D eigenvalue weighted by Crippen LogP contribution is -2.35. The normalized spacial score (nSPS) is 34.8. The molecule has 13 heavy (non-hydrogen) atoms. The van der Waals surface area contributed by atoms with Crippen molar-refractivity contribution in [2.24, 2.45) is 5.92 Å². The zero-order valence-electron chi connectivity index (χ0n) is 8.83. The molecule has 0 aromatic carbocycles. The number of hydrogen-bond acceptors (Lipinski definition) is 2. The highest BCUT2D eigenvalue weighted by atomic mass is 16.5. The van der Waals surface area contributed by atoms with Crippen molar-refractivity contribution in [1.82, 2.24) is 0 Å². The third kappa shape index (κ3) is 3.28. The molecule has 2 nitrogen and oxygen atoms in total. The molecule has 1 aliphatic carbocycles. The highest BCUT2D eigenvalue weighted by Gasteiger charge is 2.28. The van der Waals surface area contributed by atoms with Crippen molar-refractivity contribution in [2.75, 3.05) is 7.11 Å². The fraction of sp³-hybridized carbons (Fsp3) is 1.00. The van der Waals surface area contributed by atoms with E-state index in [1.54, 1.807) is 7.11 Å². The number of ether oxygens (including phenoxy) is 1. The zero-order valence-corrected chi connectivity index (χ0v) is 8.83. The van der Waals surface area contributed by atoms with E-state index in [1.165, 1.54) is 25.7 Å². The Hall–Kier alpha value is -0.0800. The minimum absolute atomic E-state index is 0.0932. The van der Waals surface area contributed by atoms with Gasteiger partial charge in [0.15, 0.2) is 0 Å². The van der Waals surface area contributed by atoms with Crippen molar-refractivity contribution in [3.05, 3.63) is 0 Å². The lowest BCUT2D eigenvalue weighted by Gasteiger charge is -2.32. The molecule has 1 aliphatic rings. The summed E-state index contributed by atoms with van der Waals surface area (Å²) in [7, 11) is 1.70. The first-order valence-electron chi connectivity index (χ1n) is 5.48. The summed E-state index contributed by atoms with van der Waals surface area (Å²) < 4.78 is 5.26. The van der Waals surface area contributed by atoms with Crippen LogP contribution >= 0.6 is 0 Å². The van der Waals surface area contributed by atoms with Gasteiger partial charge in [0.05, 0.1) is 12.2 Å². The van der Waals surface area contributed by atoms with E-state index in [4.69, 9.17) is 4.74 Å². The fourth-order valence-corrected chi connectivity index (χ4v) is 2.20. The smallest absolute Gasteiger partial charge is 0.0832 e. The maximum absolute atomic E-state index is 9.59. The lowest BCUT2D eigenvalue weighted by molar-refractivity contribution is -0.0515. The number of aliphatic hydroxyl groups excluding tert-OH is 1. The number of rotatable bonds is 4. The van der Waals surface area contributed by atoms with Crippen molar-refractivity contribution in [3.8, 4) is 0 Å². The molecule has 2 heteroatoms. The Bertz CT molecular complexity index is 134. The molecule has 0 bridgehead atoms. The Morgan fingerprint density at radius 2 is 2.15 bits per heavy atom. The molecule has 3 atom stereocenters. The van der Waals surface area contributed by atoms with Crippen LogP contribution in [0.1, 0.15) is 45.4 Å². The van der Waals surface area contributed by atoms with Crippen LogP contribution in [0, 0.1) is 5.92 Å². The van der Waals surface area contributed by atoms with E-state index < -0.39 is 0 Å². The molecule has 0 aromatic heterocycles. The second-order valence-corrected chi connectivity index (χ2v) is 4.16. The third-order valence-corrected chi connectivity index (χ3v) is 3.13. The second kappa shape index (κ2) is 5.61. The van der Waals surface area contributed by atoms with Crippen molar-refractivity contribution in [1.29, 1.82) is 0 Å². The molecule has 3 unspecified atom stereocenters. The molecular formula is C11H22O2. The van der Waals surface area contributed by atoms with Gasteiger partial charge in [0.25, 0.3) is 0 Å². The van der Waals surface area contributed by atoms with Gasteiger partial charge in [-0.1, -0.05) is 26.2 Å². The zero-order chi connectivity index (χ0) is 9.68. The Kier molecular flexibility index (Phi) is 4.74. The van der Waals surface area contributed by atoms with Gasteiger partial charge < -0.3 is 9.84 Å². The summed E-state index contributed by atoms with van der Waals surface area (Å²) >= 11 is 0. The minimum Gasteiger partial charge on any atom is -0.390 e. The Morgan fingerprint density at radius 3 is 2.77 bits per heavy atom. The maximum atomic E-state index is 9.59. The molecule has 0 spiro atoms. The van der Waals surface area contributed by atoms with Crippen molar-refractivity contribution < 1.29 is 9.84 Å². The maximum Gasteiger partial charge on any atom is 0.0832 e. The van der Waals surface area contributed by atoms with Crippen molar-refractivity contribution >= 4 is 0 Å². The summed E-state index contributed by atoms with van der Waals surface area (Å²) in [5, 5.41) is 9.59. The Labute approximate surface area is 81.3 Å². The van der Waals surface area contributed by atoms with Gasteiger partial charge in [0, 0.05) is 7.11 Å². The molecule has 1 fully saturated rings. The Balaban J connectivity index is 2.27. The summed E-state index contributed by atoms with van der Waals surface area (Å²) in [6.07, 6.45) is 6.93. The number of methoxy groups -OCH3 is 1. The van der Waals surface area contributed by atoms with E-state index >= 15 is 0 Å². The summed E-state index contributed by atoms with van der Waals surface area (Å²) in [5.74, 6) is 0.785. The predicted molar refractivity (Wildman–Crippen MR) is 53.7 cm³/mol. The van der Waals surface area contributed by atoms with E-state index in [2.05, 4.69) is 6.92 Å². The average Bonchev–Trinajstić information content (AvgIpc) is 2.16. The van der Waals surface area contributed by atoms with Gasteiger partial charge in [-0.05, 0) is 25.2 Å². The summed E-state index contributed by atoms with van der Waals surface area (Å²) in [4.78, 5) is 0. The van der Waals surface area contributed by atoms with E-state index in [-0.39, 0.29) is 12.2 Å². The third-order valence-electron chi connectivity index (χ3n) is 3.13. The van der Waals surface area contributed by atoms with Gasteiger partial charge in [0.1, 0.15) is 0 Å². The molecule has 0 heterocycles. The molecule has 78 valence electrons. The number of unbranched alkanes of at least 4 members (excludes halogenated alkanes) is 1. The topological polar surface area (TPSA) is 29.5 Å². The molecular weight excluding hydrogens is 164 g/mol. The van der Waals surface area contributed by atoms with Crippen LogP contribution < -0.4 is 0 Å². The van der Waals surface area contributed by atoms with Gasteiger partial charge in [-0.15, -0.1) is 0 Å². The van der Waals surface area contributed by atoms with Gasteiger partial charge >= 0.3 is 0 Å². The van der Waals surface area contributed by atoms with Crippen LogP contribution in [0.4, 0.5) is 0 Å². The van der Waals surface area contributed by atoms with E-state index in [9.17, 15) is 5.11 Å². The van der Waals surface area contributed by atoms with Crippen LogP contribution in [-0.2, 0) is 4.74 Å². The van der Waals surface area contributed by atoms with E-state index in [1.807, 2.05) is 0 Å². The van der Waals surface area contributed by atoms with Crippen molar-refractivity contribution in [3.63, 3.8) is 0 Å². The first-order valence-corrected chi connectivity index (χ1v) is 5.48. The molecule has 1 N–H and O–H groups in total. The largest absolute Gasteiger partial charge is 0.390 e. The Morgan fingerprint density at radius 1 is 1.38 bits per heavy atom. The number of aliphatic hydroxyl groups is 1. The molecule has 0 amide bonds. The SMILES string of the molecule is CCCCC1CCC(O)C(OC)C1. The van der Waals surface area contributed by atoms with Gasteiger partial charge in [-0.2, -0.15) is 0 Å². The minimum atomic E-state index is -0.220. The van der Waals surface area contributed by atoms with Gasteiger partial charge in [-0.3, -0.25) is 0 Å². The quantitative estimate of drug-likeness (QED) is 0.730. The first-order chi connectivity index (χ1) is 6.27. The van der Waals surface area contributed by atoms with Crippen LogP contribution in [0.3, 0.4) is 0 Å². The summed E-state index contributed by atoms with van der Waals surface area (Å²) in [6, 6.07) is 0. The van der Waals surface area contributed by atoms with Crippen molar-refractivity contribution in [2.45, 2.75) is 57.7 Å². The fourth-order valence-electron chi connectivity index (χ4n) is 2.20. The first kappa shape index (κ1) is 11.0. The molecule has 1 saturated carbocycles. The van der Waals surface area contributed by atoms with E-state index in [0.717, 1.165) is 18.8 Å². The molecule has 0 saturated heterocycles. The number of hydrogen-bond donors (Lipinski definition) is 1. The summed E-state index contributed by atoms with van der Waals surface area (Å²) in [6.45, 7) is 2.23. The van der Waals surface area contributed by atoms with Crippen LogP contribution in [0.2, 0.25) is 0 Å². The van der Waals surface area contributed by atoms with Crippen LogP contribution in [0.15, 0.2) is 0 Å².